The maximum atomic E-state index is 16.0. The van der Waals surface area contributed by atoms with E-state index < -0.39 is 138 Å². The fraction of sp³-hybridized carbons (Fsp3) is 0.489. The summed E-state index contributed by atoms with van der Waals surface area (Å²) in [7, 11) is 7.76. The summed E-state index contributed by atoms with van der Waals surface area (Å²) in [5.41, 5.74) is 3.77. The van der Waals surface area contributed by atoms with E-state index in [1.54, 1.807) is 95.6 Å². The van der Waals surface area contributed by atoms with Crippen LogP contribution in [0.15, 0.2) is 134 Å². The first-order valence-corrected chi connectivity index (χ1v) is 41.0. The molecule has 30 heteroatoms. The van der Waals surface area contributed by atoms with E-state index in [0.29, 0.717) is 108 Å². The molecule has 11 amide bonds. The maximum Gasteiger partial charge on any atom is 0.246 e. The molecule has 2 fully saturated rings. The quantitative estimate of drug-likeness (QED) is 0.0577. The number of aryl methyl sites for hydroxylation is 1. The highest BCUT2D eigenvalue weighted by Crippen LogP contribution is 2.34. The lowest BCUT2D eigenvalue weighted by atomic mass is 9.95. The van der Waals surface area contributed by atoms with Gasteiger partial charge in [0.05, 0.1) is 66.1 Å². The van der Waals surface area contributed by atoms with Gasteiger partial charge >= 0.3 is 0 Å². The fourth-order valence-corrected chi connectivity index (χ4v) is 16.0. The number of benzene rings is 5. The van der Waals surface area contributed by atoms with Crippen LogP contribution in [0.5, 0.6) is 11.5 Å². The molecule has 6 aliphatic heterocycles. The Bertz CT molecular complexity index is 4630. The second-order valence-electron chi connectivity index (χ2n) is 32.9. The van der Waals surface area contributed by atoms with E-state index in [-0.39, 0.29) is 95.7 Å². The molecule has 2 saturated heterocycles. The Balaban J connectivity index is 1.00. The van der Waals surface area contributed by atoms with Crippen molar-refractivity contribution in [1.29, 1.82) is 0 Å². The van der Waals surface area contributed by atoms with Crippen LogP contribution in [0, 0.1) is 5.82 Å². The van der Waals surface area contributed by atoms with E-state index >= 15 is 28.4 Å². The predicted octanol–water partition coefficient (Wildman–Crippen LogP) is 4.00. The van der Waals surface area contributed by atoms with Gasteiger partial charge < -0.3 is 90.9 Å². The number of rotatable bonds is 13. The van der Waals surface area contributed by atoms with Crippen molar-refractivity contribution < 1.29 is 80.9 Å². The van der Waals surface area contributed by atoms with Crippen molar-refractivity contribution >= 4 is 75.9 Å². The van der Waals surface area contributed by atoms with E-state index in [1.807, 2.05) is 35.0 Å². The van der Waals surface area contributed by atoms with Crippen molar-refractivity contribution in [3.63, 3.8) is 0 Å². The molecule has 118 heavy (non-hydrogen) atoms. The van der Waals surface area contributed by atoms with Crippen molar-refractivity contribution in [2.75, 3.05) is 80.7 Å². The number of ether oxygens (including phenoxy) is 3. The van der Waals surface area contributed by atoms with E-state index in [9.17, 15) is 33.9 Å². The van der Waals surface area contributed by atoms with E-state index in [0.717, 1.165) is 28.6 Å². The average molecular weight is 1630 g/mol. The molecule has 10 N–H and O–H groups in total. The van der Waals surface area contributed by atoms with Gasteiger partial charge in [-0.15, -0.1) is 0 Å². The van der Waals surface area contributed by atoms with Gasteiger partial charge in [-0.2, -0.15) is 0 Å². The van der Waals surface area contributed by atoms with Crippen molar-refractivity contribution in [2.45, 2.75) is 197 Å². The van der Waals surface area contributed by atoms with Gasteiger partial charge in [-0.05, 0) is 141 Å². The molecule has 6 aromatic rings. The Morgan fingerprint density at radius 1 is 0.695 bits per heavy atom. The van der Waals surface area contributed by atoms with Gasteiger partial charge in [-0.1, -0.05) is 92.2 Å². The largest absolute Gasteiger partial charge is 0.497 e. The van der Waals surface area contributed by atoms with Crippen molar-refractivity contribution in [3.8, 4) is 11.5 Å². The molecule has 1 aromatic heterocycles. The summed E-state index contributed by atoms with van der Waals surface area (Å²) in [6, 6.07) is 22.3. The zero-order valence-corrected chi connectivity index (χ0v) is 68.6. The fourth-order valence-electron chi connectivity index (χ4n) is 16.0. The minimum Gasteiger partial charge on any atom is -0.497 e. The number of halogens is 1. The van der Waals surface area contributed by atoms with Crippen LogP contribution in [0.3, 0.4) is 0 Å². The van der Waals surface area contributed by atoms with Gasteiger partial charge in [-0.25, -0.2) is 4.39 Å². The molecule has 6 aliphatic rings. The highest BCUT2D eigenvalue weighted by Gasteiger charge is 2.49. The molecule has 12 bridgehead atoms. The van der Waals surface area contributed by atoms with Crippen LogP contribution in [0.2, 0.25) is 0 Å². The van der Waals surface area contributed by atoms with Gasteiger partial charge in [0.15, 0.2) is 0 Å². The number of amides is 11. The molecule has 0 saturated carbocycles. The Labute approximate surface area is 688 Å². The summed E-state index contributed by atoms with van der Waals surface area (Å²) in [5, 5.41) is 38.0. The van der Waals surface area contributed by atoms with Crippen LogP contribution in [0.1, 0.15) is 124 Å². The smallest absolute Gasteiger partial charge is 0.246 e. The number of fused-ring (bicyclic) bond motifs is 16. The molecule has 10 atom stereocenters. The summed E-state index contributed by atoms with van der Waals surface area (Å²) in [6.07, 6.45) is 2.40. The molecular formula is C88H114FN14O15+. The highest BCUT2D eigenvalue weighted by molar-refractivity contribution is 5.98. The molecule has 0 spiro atoms. The van der Waals surface area contributed by atoms with Gasteiger partial charge in [0.2, 0.25) is 65.0 Å². The zero-order chi connectivity index (χ0) is 84.4. The lowest BCUT2D eigenvalue weighted by molar-refractivity contribution is -0.870. The molecule has 5 aromatic carbocycles. The molecule has 29 nitrogen and oxygen atoms in total. The standard InChI is InChI=1S/C88H113FN14O15/c1-55-81(109)97-72(51-92-76(106)47-62-18-14-20-67(44-62)117-42-16-41-103(5,6)7)83(111)95-70-46-61-17-13-19-63(43-61)50-91-77(107)54-118-74-34-40-101-56(2)69(94-82(70)110)48-64-53-99(73-30-27-65(89)49-68(64)73)37-11-9-10-12-38-100(78(108)32-31-75(105)93-55)52-60-23-21-58(22-24-60)33-36-90-87(115)88(4)35-15-39-102(88)86(114)71(45-59-25-28-66(116-8)29-26-59)96-84(112)79(57(3)104)98-85(113)80(74)101/h13-14,17-30,43-44,49,53,55,57,69-72,74,79-80,104H,2,9-12,15-16,31-42,45-48,50-52,54H2,1,3-8H3,(H8-,90,91,92,93,94,95,96,97,98,105,106,107,109,110,111,112,113,115)/p+1/t55-,57+,69-,70-,71-,72+,74-,79-,80-,88-/m0/s1. The Morgan fingerprint density at radius 3 is 2.18 bits per heavy atom. The normalized spacial score (nSPS) is 24.2. The number of nitrogens with one attached hydrogen (secondary N) is 9. The zero-order valence-electron chi connectivity index (χ0n) is 68.6. The number of aliphatic hydroxyl groups is 1. The number of hydrogen-bond acceptors (Lipinski definition) is 16. The van der Waals surface area contributed by atoms with Crippen LogP contribution in [-0.2, 0) is 109 Å². The first kappa shape index (κ1) is 87.6. The number of carbonyl (C=O) groups is 11. The van der Waals surface area contributed by atoms with Crippen LogP contribution >= 0.6 is 0 Å². The van der Waals surface area contributed by atoms with Crippen LogP contribution in [0.4, 0.5) is 4.39 Å². The topological polar surface area (TPSA) is 359 Å². The highest BCUT2D eigenvalue weighted by atomic mass is 19.1. The number of aromatic nitrogens is 1. The number of aliphatic hydroxyl groups excluding tert-OH is 1. The molecule has 12 rings (SSSR count). The first-order chi connectivity index (χ1) is 56.5. The Morgan fingerprint density at radius 2 is 1.42 bits per heavy atom. The summed E-state index contributed by atoms with van der Waals surface area (Å²) >= 11 is 0. The summed E-state index contributed by atoms with van der Waals surface area (Å²) < 4.78 is 36.6. The molecule has 632 valence electrons. The maximum absolute atomic E-state index is 16.0. The van der Waals surface area contributed by atoms with Crippen LogP contribution < -0.4 is 57.3 Å². The van der Waals surface area contributed by atoms with Crippen LogP contribution in [-0.4, -0.2) is 235 Å². The summed E-state index contributed by atoms with van der Waals surface area (Å²) in [4.78, 5) is 169. The monoisotopic (exact) mass is 1630 g/mol. The minimum absolute atomic E-state index is 0.0241. The average Bonchev–Trinajstić information content (AvgIpc) is 1.63. The molecular weight excluding hydrogens is 1510 g/mol. The van der Waals surface area contributed by atoms with Crippen molar-refractivity contribution in [2.24, 2.45) is 0 Å². The summed E-state index contributed by atoms with van der Waals surface area (Å²) in [6.45, 7) is 10.4. The van der Waals surface area contributed by atoms with E-state index in [1.165, 1.54) is 38.0 Å². The van der Waals surface area contributed by atoms with Crippen molar-refractivity contribution in [1.82, 2.24) is 67.1 Å². The molecule has 0 radical (unpaired) electrons. The predicted molar refractivity (Wildman–Crippen MR) is 439 cm³/mol. The number of quaternary nitrogens is 1. The van der Waals surface area contributed by atoms with Gasteiger partial charge in [-0.3, -0.25) is 52.7 Å². The third-order valence-electron chi connectivity index (χ3n) is 22.7. The molecule has 0 aliphatic carbocycles. The Hall–Kier alpha value is -11.2. The SMILES string of the molecule is C=C1[C@@H]2Cc3cn(c4ccc(F)cc34)CCCCCCN3Cc4ccc(cc4)CCNC(=O)[C@]4(C)CCCN4C(=O)[C@H](Cc4ccc(OC)cc4)NC(=O)[C@H]([C@@H](C)O)NC(=O)[C@@H]4[C@H](CCN14)OCC(=O)NCc1cccc(c1)C[C@H](NC(=O)[C@@H](CNC(=O)Cc1cccc(OCCC[N+](C)(C)C)c1)NC(=O)[C@H](C)NC(=O)CCC3=O)C(=O)N2. The number of hydrogen-bond donors (Lipinski definition) is 10. The van der Waals surface area contributed by atoms with Gasteiger partial charge in [0.25, 0.3) is 0 Å². The van der Waals surface area contributed by atoms with E-state index in [4.69, 9.17) is 14.2 Å². The Kier molecular flexibility index (Phi) is 29.9. The van der Waals surface area contributed by atoms with Gasteiger partial charge in [0.1, 0.15) is 65.7 Å². The first-order valence-electron chi connectivity index (χ1n) is 41.0. The molecule has 0 unspecified atom stereocenters. The lowest BCUT2D eigenvalue weighted by Gasteiger charge is -2.37. The third kappa shape index (κ3) is 23.6. The van der Waals surface area contributed by atoms with Crippen molar-refractivity contribution in [3.05, 3.63) is 178 Å². The summed E-state index contributed by atoms with van der Waals surface area (Å²) in [5.74, 6) is -7.12. The second-order valence-corrected chi connectivity index (χ2v) is 32.9. The number of nitrogens with zero attached hydrogens (tertiary/aromatic N) is 5. The third-order valence-corrected chi connectivity index (χ3v) is 22.7. The number of carbonyl (C=O) groups excluding carboxylic acids is 11. The second kappa shape index (κ2) is 40.3. The van der Waals surface area contributed by atoms with Gasteiger partial charge in [0, 0.05) is 114 Å². The lowest BCUT2D eigenvalue weighted by Crippen LogP contribution is -2.63. The van der Waals surface area contributed by atoms with E-state index in [2.05, 4.69) is 75.6 Å². The molecule has 7 heterocycles. The van der Waals surface area contributed by atoms with Crippen LogP contribution in [0.25, 0.3) is 10.9 Å². The number of methoxy groups -OCH3 is 1. The minimum atomic E-state index is -1.78.